The van der Waals surface area contributed by atoms with Crippen molar-refractivity contribution in [2.24, 2.45) is 5.92 Å². The number of rotatable bonds is 5. The van der Waals surface area contributed by atoms with Crippen molar-refractivity contribution < 1.29 is 14.6 Å². The fourth-order valence-corrected chi connectivity index (χ4v) is 2.32. The average molecular weight is 249 g/mol. The maximum atomic E-state index is 10.8. The van der Waals surface area contributed by atoms with Crippen molar-refractivity contribution in [3.63, 3.8) is 0 Å². The highest BCUT2D eigenvalue weighted by Crippen LogP contribution is 2.21. The van der Waals surface area contributed by atoms with Crippen molar-refractivity contribution in [2.45, 2.75) is 12.8 Å². The third-order valence-electron chi connectivity index (χ3n) is 3.28. The van der Waals surface area contributed by atoms with E-state index >= 15 is 0 Å². The molecule has 1 aliphatic heterocycles. The Balaban J connectivity index is 1.94. The van der Waals surface area contributed by atoms with Crippen LogP contribution in [0, 0.1) is 5.92 Å². The molecule has 1 saturated heterocycles. The van der Waals surface area contributed by atoms with E-state index in [0.29, 0.717) is 18.3 Å². The van der Waals surface area contributed by atoms with Gasteiger partial charge in [-0.15, -0.1) is 0 Å². The van der Waals surface area contributed by atoms with Crippen LogP contribution in [0.25, 0.3) is 0 Å². The van der Waals surface area contributed by atoms with E-state index in [9.17, 15) is 4.79 Å². The molecular formula is C14H19NO3. The molecular weight excluding hydrogens is 230 g/mol. The van der Waals surface area contributed by atoms with Gasteiger partial charge in [-0.3, -0.25) is 4.79 Å². The number of aliphatic carboxylic acids is 1. The Kier molecular flexibility index (Phi) is 4.20. The molecule has 18 heavy (non-hydrogen) atoms. The van der Waals surface area contributed by atoms with Gasteiger partial charge in [-0.05, 0) is 26.1 Å². The summed E-state index contributed by atoms with van der Waals surface area (Å²) in [5.74, 6) is 0.425. The third-order valence-corrected chi connectivity index (χ3v) is 3.28. The fraction of sp³-hybridized carbons (Fsp3) is 0.500. The maximum absolute atomic E-state index is 10.8. The minimum Gasteiger partial charge on any atom is -0.493 e. The highest BCUT2D eigenvalue weighted by Gasteiger charge is 2.20. The minimum atomic E-state index is -0.827. The second kappa shape index (κ2) is 5.87. The van der Waals surface area contributed by atoms with Gasteiger partial charge in [-0.1, -0.05) is 18.2 Å². The summed E-state index contributed by atoms with van der Waals surface area (Å²) in [6, 6.07) is 7.37. The molecule has 1 N–H and O–H groups in total. The smallest absolute Gasteiger partial charge is 0.307 e. The molecule has 0 aromatic heterocycles. The number of para-hydroxylation sites is 1. The van der Waals surface area contributed by atoms with Crippen LogP contribution < -0.4 is 4.74 Å². The number of likely N-dealkylation sites (tertiary alicyclic amines) is 1. The van der Waals surface area contributed by atoms with Crippen molar-refractivity contribution in [1.82, 2.24) is 4.90 Å². The summed E-state index contributed by atoms with van der Waals surface area (Å²) in [6.45, 7) is 2.84. The molecule has 1 aromatic carbocycles. The molecule has 0 amide bonds. The minimum absolute atomic E-state index is 0.0146. The van der Waals surface area contributed by atoms with Gasteiger partial charge < -0.3 is 14.7 Å². The van der Waals surface area contributed by atoms with Crippen molar-refractivity contribution in [3.05, 3.63) is 29.8 Å². The summed E-state index contributed by atoms with van der Waals surface area (Å²) in [6.07, 6.45) is 1.17. The number of nitrogens with zero attached hydrogens (tertiary/aromatic N) is 1. The summed E-state index contributed by atoms with van der Waals surface area (Å²) in [5.41, 5.74) is 0.747. The Labute approximate surface area is 107 Å². The number of carbonyl (C=O) groups is 1. The van der Waals surface area contributed by atoms with Crippen molar-refractivity contribution in [2.75, 3.05) is 26.7 Å². The summed E-state index contributed by atoms with van der Waals surface area (Å²) in [5, 5.41) is 8.84. The van der Waals surface area contributed by atoms with Crippen LogP contribution in [-0.4, -0.2) is 42.7 Å². The van der Waals surface area contributed by atoms with Gasteiger partial charge in [0.05, 0.1) is 13.0 Å². The quantitative estimate of drug-likeness (QED) is 0.862. The standard InChI is InChI=1S/C14H19NO3/c1-15-7-6-11(9-15)10-18-13-5-3-2-4-12(13)8-14(16)17/h2-5,11H,6-10H2,1H3,(H,16,17). The van der Waals surface area contributed by atoms with Gasteiger partial charge in [0, 0.05) is 18.0 Å². The first-order valence-corrected chi connectivity index (χ1v) is 6.26. The van der Waals surface area contributed by atoms with Crippen LogP contribution in [0.4, 0.5) is 0 Å². The van der Waals surface area contributed by atoms with Crippen LogP contribution in [0.1, 0.15) is 12.0 Å². The Hall–Kier alpha value is -1.55. The van der Waals surface area contributed by atoms with E-state index < -0.39 is 5.97 Å². The lowest BCUT2D eigenvalue weighted by atomic mass is 10.1. The van der Waals surface area contributed by atoms with E-state index in [1.54, 1.807) is 0 Å². The van der Waals surface area contributed by atoms with Gasteiger partial charge in [0.2, 0.25) is 0 Å². The van der Waals surface area contributed by atoms with E-state index in [1.807, 2.05) is 24.3 Å². The molecule has 1 fully saturated rings. The Bertz CT molecular complexity index is 419. The van der Waals surface area contributed by atoms with Crippen LogP contribution in [0.15, 0.2) is 24.3 Å². The maximum Gasteiger partial charge on any atom is 0.307 e. The molecule has 0 saturated carbocycles. The predicted octanol–water partition coefficient (Wildman–Crippen LogP) is 1.64. The first-order chi connectivity index (χ1) is 8.65. The van der Waals surface area contributed by atoms with Crippen LogP contribution in [-0.2, 0) is 11.2 Å². The lowest BCUT2D eigenvalue weighted by molar-refractivity contribution is -0.136. The lowest BCUT2D eigenvalue weighted by Gasteiger charge is -2.14. The average Bonchev–Trinajstić information content (AvgIpc) is 2.73. The van der Waals surface area contributed by atoms with E-state index in [1.165, 1.54) is 0 Å². The molecule has 0 radical (unpaired) electrons. The molecule has 1 atom stereocenters. The van der Waals surface area contributed by atoms with Crippen molar-refractivity contribution in [3.8, 4) is 5.75 Å². The molecule has 1 aliphatic rings. The molecule has 1 aromatic rings. The van der Waals surface area contributed by atoms with E-state index in [2.05, 4.69) is 11.9 Å². The third kappa shape index (κ3) is 3.47. The molecule has 1 unspecified atom stereocenters. The van der Waals surface area contributed by atoms with Crippen LogP contribution in [0.2, 0.25) is 0 Å². The number of ether oxygens (including phenoxy) is 1. The molecule has 1 heterocycles. The van der Waals surface area contributed by atoms with Gasteiger partial charge in [0.1, 0.15) is 5.75 Å². The lowest BCUT2D eigenvalue weighted by Crippen LogP contribution is -2.18. The van der Waals surface area contributed by atoms with E-state index in [-0.39, 0.29) is 6.42 Å². The number of hydrogen-bond donors (Lipinski definition) is 1. The molecule has 0 bridgehead atoms. The zero-order valence-corrected chi connectivity index (χ0v) is 10.6. The first kappa shape index (κ1) is 12.9. The zero-order chi connectivity index (χ0) is 13.0. The topological polar surface area (TPSA) is 49.8 Å². The number of carboxylic acids is 1. The monoisotopic (exact) mass is 249 g/mol. The van der Waals surface area contributed by atoms with Crippen LogP contribution in [0.3, 0.4) is 0 Å². The van der Waals surface area contributed by atoms with E-state index in [4.69, 9.17) is 9.84 Å². The number of hydrogen-bond acceptors (Lipinski definition) is 3. The second-order valence-electron chi connectivity index (χ2n) is 4.91. The van der Waals surface area contributed by atoms with Gasteiger partial charge >= 0.3 is 5.97 Å². The van der Waals surface area contributed by atoms with Gasteiger partial charge in [0.25, 0.3) is 0 Å². The Morgan fingerprint density at radius 3 is 2.94 bits per heavy atom. The van der Waals surface area contributed by atoms with E-state index in [0.717, 1.165) is 25.1 Å². The summed E-state index contributed by atoms with van der Waals surface area (Å²) in [4.78, 5) is 13.1. The van der Waals surface area contributed by atoms with Crippen molar-refractivity contribution >= 4 is 5.97 Å². The van der Waals surface area contributed by atoms with Gasteiger partial charge in [-0.25, -0.2) is 0 Å². The molecule has 0 spiro atoms. The van der Waals surface area contributed by atoms with Crippen molar-refractivity contribution in [1.29, 1.82) is 0 Å². The number of benzene rings is 1. The second-order valence-corrected chi connectivity index (χ2v) is 4.91. The number of carboxylic acid groups (broad SMARTS) is 1. The molecule has 0 aliphatic carbocycles. The van der Waals surface area contributed by atoms with Crippen LogP contribution >= 0.6 is 0 Å². The Morgan fingerprint density at radius 1 is 1.50 bits per heavy atom. The summed E-state index contributed by atoms with van der Waals surface area (Å²) in [7, 11) is 2.11. The summed E-state index contributed by atoms with van der Waals surface area (Å²) >= 11 is 0. The zero-order valence-electron chi connectivity index (χ0n) is 10.6. The molecule has 98 valence electrons. The van der Waals surface area contributed by atoms with Gasteiger partial charge in [0.15, 0.2) is 0 Å². The largest absolute Gasteiger partial charge is 0.493 e. The Morgan fingerprint density at radius 2 is 2.28 bits per heavy atom. The molecule has 4 heteroatoms. The molecule has 2 rings (SSSR count). The summed E-state index contributed by atoms with van der Waals surface area (Å²) < 4.78 is 5.78. The normalized spacial score (nSPS) is 19.9. The first-order valence-electron chi connectivity index (χ1n) is 6.26. The van der Waals surface area contributed by atoms with Crippen LogP contribution in [0.5, 0.6) is 5.75 Å². The SMILES string of the molecule is CN1CCC(COc2ccccc2CC(=O)O)C1. The molecule has 4 nitrogen and oxygen atoms in total. The highest BCUT2D eigenvalue weighted by molar-refractivity contribution is 5.71. The highest BCUT2D eigenvalue weighted by atomic mass is 16.5. The fourth-order valence-electron chi connectivity index (χ4n) is 2.32. The van der Waals surface area contributed by atoms with Gasteiger partial charge in [-0.2, -0.15) is 0 Å². The predicted molar refractivity (Wildman–Crippen MR) is 68.9 cm³/mol.